The molecule has 3 aromatic rings. The molecule has 142 valence electrons. The van der Waals surface area contributed by atoms with Crippen LogP contribution in [0.3, 0.4) is 0 Å². The average molecular weight is 376 g/mol. The van der Waals surface area contributed by atoms with E-state index in [4.69, 9.17) is 0 Å². The first-order chi connectivity index (χ1) is 13.6. The maximum absolute atomic E-state index is 12.7. The zero-order valence-corrected chi connectivity index (χ0v) is 15.4. The van der Waals surface area contributed by atoms with E-state index < -0.39 is 12.1 Å². The van der Waals surface area contributed by atoms with Crippen molar-refractivity contribution in [3.05, 3.63) is 72.3 Å². The number of carbonyl (C=O) groups excluding carboxylic acids is 2. The Balaban J connectivity index is 1.45. The molecule has 28 heavy (non-hydrogen) atoms. The third kappa shape index (κ3) is 3.57. The van der Waals surface area contributed by atoms with E-state index in [1.165, 1.54) is 9.58 Å². The molecule has 1 atom stereocenters. The minimum absolute atomic E-state index is 0.206. The highest BCUT2D eigenvalue weighted by Crippen LogP contribution is 2.26. The van der Waals surface area contributed by atoms with Gasteiger partial charge in [-0.1, -0.05) is 30.3 Å². The molecular weight excluding hydrogens is 356 g/mol. The van der Waals surface area contributed by atoms with Gasteiger partial charge in [0, 0.05) is 32.4 Å². The third-order valence-corrected chi connectivity index (χ3v) is 4.68. The lowest BCUT2D eigenvalue weighted by Gasteiger charge is -2.20. The Morgan fingerprint density at radius 3 is 2.86 bits per heavy atom. The Kier molecular flexibility index (Phi) is 4.76. The summed E-state index contributed by atoms with van der Waals surface area (Å²) in [5, 5.41) is 10.1. The quantitative estimate of drug-likeness (QED) is 0.728. The van der Waals surface area contributed by atoms with E-state index in [9.17, 15) is 9.59 Å². The summed E-state index contributed by atoms with van der Waals surface area (Å²) in [6, 6.07) is 10.5. The summed E-state index contributed by atoms with van der Waals surface area (Å²) in [5.74, 6) is -0.206. The number of nitrogens with zero attached hydrogens (tertiary/aromatic N) is 4. The van der Waals surface area contributed by atoms with E-state index in [0.717, 1.165) is 22.5 Å². The molecule has 1 aliphatic rings. The summed E-state index contributed by atoms with van der Waals surface area (Å²) in [6.45, 7) is 0.270. The fourth-order valence-electron chi connectivity index (χ4n) is 3.19. The summed E-state index contributed by atoms with van der Waals surface area (Å²) < 4.78 is 1.23. The van der Waals surface area contributed by atoms with E-state index >= 15 is 0 Å². The minimum Gasteiger partial charge on any atom is -0.379 e. The molecule has 2 aromatic heterocycles. The number of anilines is 2. The van der Waals surface area contributed by atoms with Crippen LogP contribution in [0.25, 0.3) is 0 Å². The first kappa shape index (κ1) is 17.7. The molecule has 0 radical (unpaired) electrons. The first-order valence-electron chi connectivity index (χ1n) is 8.95. The van der Waals surface area contributed by atoms with Crippen molar-refractivity contribution in [2.45, 2.75) is 12.5 Å². The largest absolute Gasteiger partial charge is 0.379 e. The van der Waals surface area contributed by atoms with Gasteiger partial charge in [0.25, 0.3) is 5.91 Å². The van der Waals surface area contributed by atoms with E-state index in [-0.39, 0.29) is 12.5 Å². The van der Waals surface area contributed by atoms with Gasteiger partial charge in [-0.15, -0.1) is 0 Å². The van der Waals surface area contributed by atoms with Crippen LogP contribution in [0.15, 0.2) is 61.2 Å². The molecule has 0 saturated carbocycles. The first-order valence-corrected chi connectivity index (χ1v) is 8.95. The summed E-state index contributed by atoms with van der Waals surface area (Å²) in [6.07, 6.45) is 7.31. The summed E-state index contributed by atoms with van der Waals surface area (Å²) >= 11 is 0. The minimum atomic E-state index is -0.716. The van der Waals surface area contributed by atoms with Crippen molar-refractivity contribution in [1.29, 1.82) is 0 Å². The number of rotatable bonds is 3. The van der Waals surface area contributed by atoms with E-state index in [1.54, 1.807) is 37.9 Å². The monoisotopic (exact) mass is 376 g/mol. The fourth-order valence-corrected chi connectivity index (χ4v) is 3.19. The van der Waals surface area contributed by atoms with Crippen molar-refractivity contribution in [2.75, 3.05) is 23.8 Å². The molecule has 3 heterocycles. The maximum atomic E-state index is 12.7. The Hall–Kier alpha value is -3.68. The van der Waals surface area contributed by atoms with Gasteiger partial charge in [-0.05, 0) is 17.2 Å². The van der Waals surface area contributed by atoms with Gasteiger partial charge in [0.1, 0.15) is 6.04 Å². The lowest BCUT2D eigenvalue weighted by atomic mass is 10.1. The molecular formula is C20H20N6O2. The number of amides is 2. The van der Waals surface area contributed by atoms with Gasteiger partial charge in [0.05, 0.1) is 23.8 Å². The molecule has 0 bridgehead atoms. The number of aromatic nitrogens is 3. The topological polar surface area (TPSA) is 92.2 Å². The van der Waals surface area contributed by atoms with Crippen molar-refractivity contribution < 1.29 is 9.59 Å². The molecule has 0 saturated heterocycles. The standard InChI is InChI=1S/C20H20N6O2/c1-25-18-7-8-21-11-16(18)22-12-17(19(25)27)24-20(28)26-13-15(10-23-26)9-14-5-3-2-4-6-14/h2-8,10-11,13,17,22H,9,12H2,1H3,(H,24,28)/t17-/m0/s1. The maximum Gasteiger partial charge on any atom is 0.342 e. The smallest absolute Gasteiger partial charge is 0.342 e. The second-order valence-electron chi connectivity index (χ2n) is 6.63. The molecule has 8 heteroatoms. The Morgan fingerprint density at radius 2 is 2.04 bits per heavy atom. The molecule has 0 spiro atoms. The van der Waals surface area contributed by atoms with Crippen molar-refractivity contribution in [3.8, 4) is 0 Å². The van der Waals surface area contributed by atoms with Crippen molar-refractivity contribution in [2.24, 2.45) is 0 Å². The normalized spacial score (nSPS) is 16.1. The van der Waals surface area contributed by atoms with Gasteiger partial charge in [-0.2, -0.15) is 9.78 Å². The van der Waals surface area contributed by atoms with Gasteiger partial charge in [-0.25, -0.2) is 4.79 Å². The Labute approximate surface area is 162 Å². The SMILES string of the molecule is CN1C(=O)[C@@H](NC(=O)n2cc(Cc3ccccc3)cn2)CNc2cnccc21. The second-order valence-corrected chi connectivity index (χ2v) is 6.63. The average Bonchev–Trinajstić information content (AvgIpc) is 3.15. The number of hydrogen-bond donors (Lipinski definition) is 2. The predicted octanol–water partition coefficient (Wildman–Crippen LogP) is 1.88. The predicted molar refractivity (Wildman–Crippen MR) is 105 cm³/mol. The van der Waals surface area contributed by atoms with Crippen LogP contribution in [-0.2, 0) is 11.2 Å². The van der Waals surface area contributed by atoms with Crippen LogP contribution in [0.1, 0.15) is 11.1 Å². The highest BCUT2D eigenvalue weighted by Gasteiger charge is 2.29. The zero-order valence-electron chi connectivity index (χ0n) is 15.4. The number of carbonyl (C=O) groups is 2. The van der Waals surface area contributed by atoms with E-state index in [1.807, 2.05) is 30.3 Å². The van der Waals surface area contributed by atoms with Gasteiger partial charge in [0.15, 0.2) is 0 Å². The molecule has 2 N–H and O–H groups in total. The van der Waals surface area contributed by atoms with Crippen LogP contribution >= 0.6 is 0 Å². The molecule has 2 amide bonds. The van der Waals surface area contributed by atoms with Crippen molar-refractivity contribution in [1.82, 2.24) is 20.1 Å². The van der Waals surface area contributed by atoms with E-state index in [0.29, 0.717) is 6.42 Å². The molecule has 1 aromatic carbocycles. The fraction of sp³-hybridized carbons (Fsp3) is 0.200. The Bertz CT molecular complexity index is 1000. The second kappa shape index (κ2) is 7.51. The molecule has 0 unspecified atom stereocenters. The summed E-state index contributed by atoms with van der Waals surface area (Å²) in [7, 11) is 1.68. The molecule has 4 rings (SSSR count). The van der Waals surface area contributed by atoms with Crippen LogP contribution in [0.4, 0.5) is 16.2 Å². The van der Waals surface area contributed by atoms with Gasteiger partial charge >= 0.3 is 6.03 Å². The summed E-state index contributed by atoms with van der Waals surface area (Å²) in [4.78, 5) is 30.9. The van der Waals surface area contributed by atoms with Crippen LogP contribution < -0.4 is 15.5 Å². The number of fused-ring (bicyclic) bond motifs is 1. The van der Waals surface area contributed by atoms with Crippen molar-refractivity contribution in [3.63, 3.8) is 0 Å². The lowest BCUT2D eigenvalue weighted by molar-refractivity contribution is -0.119. The van der Waals surface area contributed by atoms with Gasteiger partial charge < -0.3 is 15.5 Å². The molecule has 1 aliphatic heterocycles. The van der Waals surface area contributed by atoms with Crippen molar-refractivity contribution >= 4 is 23.3 Å². The third-order valence-electron chi connectivity index (χ3n) is 4.68. The number of hydrogen-bond acceptors (Lipinski definition) is 5. The number of pyridine rings is 1. The van der Waals surface area contributed by atoms with Crippen LogP contribution in [-0.4, -0.2) is 46.3 Å². The van der Waals surface area contributed by atoms with Crippen LogP contribution in [0.2, 0.25) is 0 Å². The summed E-state index contributed by atoms with van der Waals surface area (Å²) in [5.41, 5.74) is 3.53. The van der Waals surface area contributed by atoms with Gasteiger partial charge in [-0.3, -0.25) is 9.78 Å². The van der Waals surface area contributed by atoms with Crippen LogP contribution in [0.5, 0.6) is 0 Å². The molecule has 0 fully saturated rings. The highest BCUT2D eigenvalue weighted by atomic mass is 16.2. The lowest BCUT2D eigenvalue weighted by Crippen LogP contribution is -2.50. The highest BCUT2D eigenvalue weighted by molar-refractivity contribution is 6.02. The van der Waals surface area contributed by atoms with Crippen LogP contribution in [0, 0.1) is 0 Å². The number of benzene rings is 1. The van der Waals surface area contributed by atoms with Gasteiger partial charge in [0.2, 0.25) is 0 Å². The molecule has 0 aliphatic carbocycles. The number of nitrogens with one attached hydrogen (secondary N) is 2. The number of likely N-dealkylation sites (N-methyl/N-ethyl adjacent to an activating group) is 1. The Morgan fingerprint density at radius 1 is 1.21 bits per heavy atom. The zero-order chi connectivity index (χ0) is 19.5. The molecule has 8 nitrogen and oxygen atoms in total. The van der Waals surface area contributed by atoms with E-state index in [2.05, 4.69) is 20.7 Å².